The van der Waals surface area contributed by atoms with Crippen molar-refractivity contribution in [2.45, 2.75) is 0 Å². The summed E-state index contributed by atoms with van der Waals surface area (Å²) in [5.74, 6) is 1.16. The van der Waals surface area contributed by atoms with Crippen molar-refractivity contribution in [1.29, 1.82) is 5.26 Å². The number of methoxy groups -OCH3 is 2. The lowest BCUT2D eigenvalue weighted by Crippen LogP contribution is -2.48. The number of nitrogens with zero attached hydrogens (tertiary/aromatic N) is 3. The molecule has 1 aliphatic rings. The van der Waals surface area contributed by atoms with Gasteiger partial charge in [0.05, 0.1) is 26.8 Å². The normalized spacial score (nSPS) is 15.4. The molecule has 1 aliphatic heterocycles. The molecule has 0 radical (unpaired) electrons. The summed E-state index contributed by atoms with van der Waals surface area (Å²) in [4.78, 5) is 16.4. The molecule has 1 heterocycles. The van der Waals surface area contributed by atoms with E-state index in [0.29, 0.717) is 36.7 Å². The first-order valence-corrected chi connectivity index (χ1v) is 6.79. The Hall–Kier alpha value is -2.26. The second-order valence-corrected chi connectivity index (χ2v) is 4.83. The molecule has 6 heteroatoms. The van der Waals surface area contributed by atoms with Crippen molar-refractivity contribution in [3.63, 3.8) is 0 Å². The van der Waals surface area contributed by atoms with Gasteiger partial charge in [-0.1, -0.05) is 0 Å². The zero-order chi connectivity index (χ0) is 15.2. The van der Waals surface area contributed by atoms with Crippen molar-refractivity contribution < 1.29 is 14.3 Å². The first kappa shape index (κ1) is 15.1. The third kappa shape index (κ3) is 3.64. The van der Waals surface area contributed by atoms with E-state index in [1.165, 1.54) is 0 Å². The summed E-state index contributed by atoms with van der Waals surface area (Å²) < 4.78 is 10.4. The van der Waals surface area contributed by atoms with E-state index in [-0.39, 0.29) is 5.91 Å². The van der Waals surface area contributed by atoms with E-state index in [1.807, 2.05) is 4.90 Å². The van der Waals surface area contributed by atoms with Crippen molar-refractivity contribution in [2.75, 3.05) is 46.9 Å². The lowest BCUT2D eigenvalue weighted by atomic mass is 10.1. The number of rotatable bonds is 4. The molecule has 21 heavy (non-hydrogen) atoms. The van der Waals surface area contributed by atoms with Crippen molar-refractivity contribution in [1.82, 2.24) is 9.80 Å². The van der Waals surface area contributed by atoms with Crippen LogP contribution in [0.2, 0.25) is 0 Å². The fraction of sp³-hybridized carbons (Fsp3) is 0.467. The average molecular weight is 289 g/mol. The Morgan fingerprint density at radius 3 is 2.19 bits per heavy atom. The second-order valence-electron chi connectivity index (χ2n) is 4.83. The van der Waals surface area contributed by atoms with E-state index >= 15 is 0 Å². The van der Waals surface area contributed by atoms with Crippen LogP contribution in [-0.4, -0.2) is 62.7 Å². The number of piperazine rings is 1. The Labute approximate surface area is 124 Å². The van der Waals surface area contributed by atoms with Gasteiger partial charge in [-0.2, -0.15) is 5.26 Å². The number of benzene rings is 1. The van der Waals surface area contributed by atoms with Crippen molar-refractivity contribution in [2.24, 2.45) is 0 Å². The van der Waals surface area contributed by atoms with Crippen LogP contribution in [0.5, 0.6) is 11.5 Å². The monoisotopic (exact) mass is 289 g/mol. The molecule has 0 saturated carbocycles. The van der Waals surface area contributed by atoms with Crippen LogP contribution in [0.25, 0.3) is 0 Å². The lowest BCUT2D eigenvalue weighted by molar-refractivity contribution is 0.0651. The molecule has 1 saturated heterocycles. The van der Waals surface area contributed by atoms with Gasteiger partial charge in [0, 0.05) is 37.8 Å². The van der Waals surface area contributed by atoms with Crippen molar-refractivity contribution >= 4 is 5.91 Å². The molecule has 0 N–H and O–H groups in total. The summed E-state index contributed by atoms with van der Waals surface area (Å²) in [6, 6.07) is 7.30. The van der Waals surface area contributed by atoms with E-state index in [9.17, 15) is 4.79 Å². The van der Waals surface area contributed by atoms with Gasteiger partial charge < -0.3 is 14.4 Å². The Balaban J connectivity index is 2.09. The summed E-state index contributed by atoms with van der Waals surface area (Å²) in [7, 11) is 3.12. The molecule has 1 amide bonds. The predicted octanol–water partition coefficient (Wildman–Crippen LogP) is 0.985. The maximum absolute atomic E-state index is 12.5. The van der Waals surface area contributed by atoms with Crippen molar-refractivity contribution in [3.8, 4) is 17.6 Å². The molecule has 0 aromatic heterocycles. The maximum Gasteiger partial charge on any atom is 0.254 e. The van der Waals surface area contributed by atoms with Crippen LogP contribution in [0.4, 0.5) is 0 Å². The summed E-state index contributed by atoms with van der Waals surface area (Å²) in [6.07, 6.45) is 0. The molecule has 6 nitrogen and oxygen atoms in total. The van der Waals surface area contributed by atoms with Gasteiger partial charge in [0.15, 0.2) is 0 Å². The summed E-state index contributed by atoms with van der Waals surface area (Å²) in [6.45, 7) is 3.11. The summed E-state index contributed by atoms with van der Waals surface area (Å²) in [5, 5.41) is 8.69. The van der Waals surface area contributed by atoms with Gasteiger partial charge in [-0.15, -0.1) is 0 Å². The van der Waals surface area contributed by atoms with Gasteiger partial charge >= 0.3 is 0 Å². The first-order chi connectivity index (χ1) is 10.2. The Bertz CT molecular complexity index is 523. The number of nitriles is 1. The highest BCUT2D eigenvalue weighted by Crippen LogP contribution is 2.23. The first-order valence-electron chi connectivity index (χ1n) is 6.79. The smallest absolute Gasteiger partial charge is 0.254 e. The minimum Gasteiger partial charge on any atom is -0.497 e. The number of amides is 1. The van der Waals surface area contributed by atoms with E-state index in [1.54, 1.807) is 37.3 Å². The highest BCUT2D eigenvalue weighted by Gasteiger charge is 2.22. The largest absolute Gasteiger partial charge is 0.497 e. The van der Waals surface area contributed by atoms with Crippen LogP contribution in [0.1, 0.15) is 10.4 Å². The molecule has 0 unspecified atom stereocenters. The third-order valence-corrected chi connectivity index (χ3v) is 3.55. The SMILES string of the molecule is COc1cc(OC)cc(C(=O)N2CCN(CC#N)CC2)c1. The van der Waals surface area contributed by atoms with Gasteiger partial charge in [0.25, 0.3) is 5.91 Å². The Kier molecular flexibility index (Phi) is 5.01. The lowest BCUT2D eigenvalue weighted by Gasteiger charge is -2.33. The molecule has 0 aliphatic carbocycles. The number of carbonyl (C=O) groups is 1. The standard InChI is InChI=1S/C15H19N3O3/c1-20-13-9-12(10-14(11-13)21-2)15(19)18-7-5-17(4-3-16)6-8-18/h9-11H,4-8H2,1-2H3. The molecule has 1 aromatic carbocycles. The van der Waals surface area contributed by atoms with Gasteiger partial charge in [0.2, 0.25) is 0 Å². The zero-order valence-electron chi connectivity index (χ0n) is 12.3. The quantitative estimate of drug-likeness (QED) is 0.773. The molecule has 0 spiro atoms. The van der Waals surface area contributed by atoms with Crippen molar-refractivity contribution in [3.05, 3.63) is 23.8 Å². The predicted molar refractivity (Wildman–Crippen MR) is 77.5 cm³/mol. The number of carbonyl (C=O) groups excluding carboxylic acids is 1. The van der Waals surface area contributed by atoms with E-state index in [2.05, 4.69) is 6.07 Å². The molecule has 0 bridgehead atoms. The molecular weight excluding hydrogens is 270 g/mol. The molecule has 1 fully saturated rings. The minimum absolute atomic E-state index is 0.0381. The third-order valence-electron chi connectivity index (χ3n) is 3.55. The highest BCUT2D eigenvalue weighted by molar-refractivity contribution is 5.95. The van der Waals surface area contributed by atoms with Crippen LogP contribution >= 0.6 is 0 Å². The number of hydrogen-bond donors (Lipinski definition) is 0. The van der Waals surface area contributed by atoms with Crippen LogP contribution in [0, 0.1) is 11.3 Å². The zero-order valence-corrected chi connectivity index (χ0v) is 12.3. The van der Waals surface area contributed by atoms with E-state index in [4.69, 9.17) is 14.7 Å². The fourth-order valence-electron chi connectivity index (χ4n) is 2.32. The molecule has 2 rings (SSSR count). The Morgan fingerprint density at radius 2 is 1.71 bits per heavy atom. The highest BCUT2D eigenvalue weighted by atomic mass is 16.5. The minimum atomic E-state index is -0.0381. The van der Waals surface area contributed by atoms with Gasteiger partial charge in [-0.25, -0.2) is 0 Å². The molecular formula is C15H19N3O3. The van der Waals surface area contributed by atoms with E-state index in [0.717, 1.165) is 13.1 Å². The van der Waals surface area contributed by atoms with Crippen LogP contribution in [0.15, 0.2) is 18.2 Å². The van der Waals surface area contributed by atoms with Crippen LogP contribution in [-0.2, 0) is 0 Å². The van der Waals surface area contributed by atoms with E-state index < -0.39 is 0 Å². The van der Waals surface area contributed by atoms with Gasteiger partial charge in [-0.3, -0.25) is 9.69 Å². The van der Waals surface area contributed by atoms with Crippen LogP contribution in [0.3, 0.4) is 0 Å². The summed E-state index contributed by atoms with van der Waals surface area (Å²) in [5.41, 5.74) is 0.555. The number of ether oxygens (including phenoxy) is 2. The fourth-order valence-corrected chi connectivity index (χ4v) is 2.32. The second kappa shape index (κ2) is 6.95. The summed E-state index contributed by atoms with van der Waals surface area (Å²) >= 11 is 0. The topological polar surface area (TPSA) is 65.8 Å². The molecule has 1 aromatic rings. The van der Waals surface area contributed by atoms with Gasteiger partial charge in [-0.05, 0) is 12.1 Å². The number of hydrogen-bond acceptors (Lipinski definition) is 5. The maximum atomic E-state index is 12.5. The Morgan fingerprint density at radius 1 is 1.14 bits per heavy atom. The molecule has 0 atom stereocenters. The molecule has 112 valence electrons. The van der Waals surface area contributed by atoms with Crippen LogP contribution < -0.4 is 9.47 Å². The van der Waals surface area contributed by atoms with Gasteiger partial charge in [0.1, 0.15) is 11.5 Å². The average Bonchev–Trinajstić information content (AvgIpc) is 2.54.